The topological polar surface area (TPSA) is 90.2 Å². The van der Waals surface area contributed by atoms with Crippen molar-refractivity contribution in [3.8, 4) is 16.9 Å². The number of aromatic hydroxyl groups is 1. The molecule has 0 saturated carbocycles. The van der Waals surface area contributed by atoms with Crippen molar-refractivity contribution in [2.24, 2.45) is 0 Å². The summed E-state index contributed by atoms with van der Waals surface area (Å²) in [6, 6.07) is 11.8. The van der Waals surface area contributed by atoms with Gasteiger partial charge in [0, 0.05) is 23.7 Å². The van der Waals surface area contributed by atoms with E-state index in [9.17, 15) is 14.7 Å². The van der Waals surface area contributed by atoms with Gasteiger partial charge in [-0.1, -0.05) is 24.3 Å². The van der Waals surface area contributed by atoms with E-state index in [0.717, 1.165) is 5.56 Å². The van der Waals surface area contributed by atoms with Gasteiger partial charge in [0.15, 0.2) is 6.29 Å². The molecule has 0 fully saturated rings. The van der Waals surface area contributed by atoms with Crippen LogP contribution in [0.3, 0.4) is 0 Å². The number of rotatable bonds is 4. The van der Waals surface area contributed by atoms with Gasteiger partial charge in [-0.2, -0.15) is 0 Å². The summed E-state index contributed by atoms with van der Waals surface area (Å²) < 4.78 is 0. The van der Waals surface area contributed by atoms with Gasteiger partial charge in [-0.05, 0) is 23.8 Å². The molecule has 0 spiro atoms. The molecule has 0 atom stereocenters. The molecule has 106 valence electrons. The Hall–Kier alpha value is -2.95. The highest BCUT2D eigenvalue weighted by Gasteiger charge is 2.11. The second-order valence-electron chi connectivity index (χ2n) is 4.49. The minimum absolute atomic E-state index is 0.132. The molecule has 0 saturated heterocycles. The van der Waals surface area contributed by atoms with Gasteiger partial charge in [-0.3, -0.25) is 15.0 Å². The first-order valence-electron chi connectivity index (χ1n) is 6.27. The van der Waals surface area contributed by atoms with Crippen LogP contribution in [0, 0.1) is 5.41 Å². The Morgan fingerprint density at radius 2 is 1.95 bits per heavy atom. The third kappa shape index (κ3) is 3.14. The molecule has 2 aromatic rings. The second-order valence-corrected chi connectivity index (χ2v) is 4.49. The monoisotopic (exact) mass is 282 g/mol. The number of phenols is 1. The van der Waals surface area contributed by atoms with Gasteiger partial charge in [-0.15, -0.1) is 0 Å². The van der Waals surface area contributed by atoms with Gasteiger partial charge in [0.25, 0.3) is 0 Å². The molecule has 1 amide bonds. The van der Waals surface area contributed by atoms with E-state index in [4.69, 9.17) is 5.41 Å². The van der Waals surface area contributed by atoms with Crippen molar-refractivity contribution in [1.82, 2.24) is 0 Å². The van der Waals surface area contributed by atoms with Crippen molar-refractivity contribution in [2.45, 2.75) is 6.92 Å². The van der Waals surface area contributed by atoms with E-state index in [1.807, 2.05) is 12.1 Å². The third-order valence-corrected chi connectivity index (χ3v) is 2.95. The maximum atomic E-state index is 11.2. The van der Waals surface area contributed by atoms with E-state index in [1.165, 1.54) is 13.0 Å². The van der Waals surface area contributed by atoms with Crippen LogP contribution in [0.1, 0.15) is 12.5 Å². The van der Waals surface area contributed by atoms with E-state index in [2.05, 4.69) is 5.32 Å². The van der Waals surface area contributed by atoms with Crippen LogP contribution in [-0.2, 0) is 9.59 Å². The number of amides is 1. The van der Waals surface area contributed by atoms with Crippen LogP contribution in [0.4, 0.5) is 5.69 Å². The summed E-state index contributed by atoms with van der Waals surface area (Å²) in [4.78, 5) is 22.0. The molecule has 0 bridgehead atoms. The molecule has 5 heteroatoms. The number of para-hydroxylation sites is 1. The summed E-state index contributed by atoms with van der Waals surface area (Å²) in [5.74, 6) is -0.324. The zero-order valence-corrected chi connectivity index (χ0v) is 11.4. The van der Waals surface area contributed by atoms with Crippen molar-refractivity contribution < 1.29 is 14.7 Å². The SMILES string of the molecule is CC(=O)Nc1ccccc1-c1ccc(O)c(C(=N)C=O)c1. The molecule has 2 aromatic carbocycles. The molecular weight excluding hydrogens is 268 g/mol. The predicted octanol–water partition coefficient (Wildman–Crippen LogP) is 2.58. The van der Waals surface area contributed by atoms with Crippen molar-refractivity contribution in [3.63, 3.8) is 0 Å². The zero-order valence-electron chi connectivity index (χ0n) is 11.4. The predicted molar refractivity (Wildman–Crippen MR) is 80.7 cm³/mol. The van der Waals surface area contributed by atoms with Crippen LogP contribution in [0.2, 0.25) is 0 Å². The van der Waals surface area contributed by atoms with Crippen LogP contribution in [0.15, 0.2) is 42.5 Å². The van der Waals surface area contributed by atoms with Gasteiger partial charge < -0.3 is 10.4 Å². The first-order chi connectivity index (χ1) is 10.0. The summed E-state index contributed by atoms with van der Waals surface area (Å²) in [7, 11) is 0. The van der Waals surface area contributed by atoms with Crippen LogP contribution < -0.4 is 5.32 Å². The minimum atomic E-state index is -0.300. The van der Waals surface area contributed by atoms with Gasteiger partial charge in [-0.25, -0.2) is 0 Å². The average molecular weight is 282 g/mol. The molecular formula is C16H14N2O3. The van der Waals surface area contributed by atoms with Gasteiger partial charge in [0.1, 0.15) is 11.5 Å². The maximum absolute atomic E-state index is 11.2. The first-order valence-corrected chi connectivity index (χ1v) is 6.27. The lowest BCUT2D eigenvalue weighted by atomic mass is 9.99. The number of hydrogen-bond acceptors (Lipinski definition) is 4. The lowest BCUT2D eigenvalue weighted by Gasteiger charge is -2.11. The summed E-state index contributed by atoms with van der Waals surface area (Å²) in [6.45, 7) is 1.42. The number of phenolic OH excluding ortho intramolecular Hbond substituents is 1. The Bertz CT molecular complexity index is 723. The van der Waals surface area contributed by atoms with Crippen LogP contribution >= 0.6 is 0 Å². The third-order valence-electron chi connectivity index (χ3n) is 2.95. The van der Waals surface area contributed by atoms with Crippen molar-refractivity contribution in [3.05, 3.63) is 48.0 Å². The van der Waals surface area contributed by atoms with Crippen LogP contribution in [0.25, 0.3) is 11.1 Å². The Balaban J connectivity index is 2.55. The lowest BCUT2D eigenvalue weighted by Crippen LogP contribution is -2.07. The molecule has 0 aliphatic carbocycles. The van der Waals surface area contributed by atoms with E-state index in [-0.39, 0.29) is 22.9 Å². The number of carbonyl (C=O) groups excluding carboxylic acids is 2. The number of hydrogen-bond donors (Lipinski definition) is 3. The van der Waals surface area contributed by atoms with Crippen molar-refractivity contribution >= 4 is 23.6 Å². The van der Waals surface area contributed by atoms with Gasteiger partial charge in [0.05, 0.1) is 0 Å². The van der Waals surface area contributed by atoms with E-state index < -0.39 is 0 Å². The minimum Gasteiger partial charge on any atom is -0.507 e. The number of aldehydes is 1. The molecule has 0 aromatic heterocycles. The number of benzene rings is 2. The molecule has 5 nitrogen and oxygen atoms in total. The number of carbonyl (C=O) groups is 2. The summed E-state index contributed by atoms with van der Waals surface area (Å²) in [5, 5.41) is 20.0. The standard InChI is InChI=1S/C16H14N2O3/c1-10(20)18-15-5-3-2-4-12(15)11-6-7-16(21)13(8-11)14(17)9-19/h2-9,17,21H,1H3,(H,18,20). The summed E-state index contributed by atoms with van der Waals surface area (Å²) in [5.41, 5.74) is 1.91. The Morgan fingerprint density at radius 1 is 1.24 bits per heavy atom. The highest BCUT2D eigenvalue weighted by Crippen LogP contribution is 2.31. The fourth-order valence-electron chi connectivity index (χ4n) is 2.02. The van der Waals surface area contributed by atoms with Crippen molar-refractivity contribution in [1.29, 1.82) is 5.41 Å². The highest BCUT2D eigenvalue weighted by molar-refractivity contribution is 6.35. The normalized spacial score (nSPS) is 9.95. The molecule has 21 heavy (non-hydrogen) atoms. The zero-order chi connectivity index (χ0) is 15.4. The Kier molecular flexibility index (Phi) is 4.13. The molecule has 0 aliphatic rings. The second kappa shape index (κ2) is 6.00. The lowest BCUT2D eigenvalue weighted by molar-refractivity contribution is -0.114. The Morgan fingerprint density at radius 3 is 2.62 bits per heavy atom. The highest BCUT2D eigenvalue weighted by atomic mass is 16.3. The van der Waals surface area contributed by atoms with Crippen molar-refractivity contribution in [2.75, 3.05) is 5.32 Å². The van der Waals surface area contributed by atoms with E-state index in [0.29, 0.717) is 17.5 Å². The van der Waals surface area contributed by atoms with Crippen LogP contribution in [0.5, 0.6) is 5.75 Å². The quantitative estimate of drug-likeness (QED) is 0.594. The number of nitrogens with one attached hydrogen (secondary N) is 2. The van der Waals surface area contributed by atoms with Crippen LogP contribution in [-0.4, -0.2) is 23.0 Å². The molecule has 0 aliphatic heterocycles. The smallest absolute Gasteiger partial charge is 0.221 e. The van der Waals surface area contributed by atoms with Gasteiger partial charge in [0.2, 0.25) is 5.91 Å². The fourth-order valence-corrected chi connectivity index (χ4v) is 2.02. The first kappa shape index (κ1) is 14.5. The molecule has 0 heterocycles. The van der Waals surface area contributed by atoms with E-state index in [1.54, 1.807) is 24.3 Å². The summed E-state index contributed by atoms with van der Waals surface area (Å²) >= 11 is 0. The fraction of sp³-hybridized carbons (Fsp3) is 0.0625. The van der Waals surface area contributed by atoms with E-state index >= 15 is 0 Å². The molecule has 0 radical (unpaired) electrons. The number of anilines is 1. The maximum Gasteiger partial charge on any atom is 0.221 e. The Labute approximate surface area is 121 Å². The largest absolute Gasteiger partial charge is 0.507 e. The molecule has 0 unspecified atom stereocenters. The average Bonchev–Trinajstić information content (AvgIpc) is 2.47. The summed E-state index contributed by atoms with van der Waals surface area (Å²) in [6.07, 6.45) is 0.374. The molecule has 3 N–H and O–H groups in total. The molecule has 2 rings (SSSR count). The van der Waals surface area contributed by atoms with Gasteiger partial charge >= 0.3 is 0 Å².